The maximum Gasteiger partial charge on any atom is 0.277 e. The molecule has 2 rings (SSSR count). The molecule has 2 aliphatic rings. The summed E-state index contributed by atoms with van der Waals surface area (Å²) >= 11 is 0. The van der Waals surface area contributed by atoms with Gasteiger partial charge in [0.15, 0.2) is 6.10 Å². The van der Waals surface area contributed by atoms with Crippen molar-refractivity contribution in [2.24, 2.45) is 10.9 Å². The largest absolute Gasteiger partial charge is 0.381 e. The number of aliphatic hydroxyl groups is 1. The Hall–Kier alpha value is -0.900. The van der Waals surface area contributed by atoms with Gasteiger partial charge >= 0.3 is 0 Å². The van der Waals surface area contributed by atoms with Crippen molar-refractivity contribution in [2.45, 2.75) is 64.5 Å². The standard InChI is InChI=1S/C14H24N2O2/c1-10(2)8-13-15-14(18)12(17)9-16(13)11-6-4-3-5-7-11/h10-12,17H,3-9H2,1-2H3. The van der Waals surface area contributed by atoms with Crippen LogP contribution < -0.4 is 0 Å². The van der Waals surface area contributed by atoms with Crippen molar-refractivity contribution in [2.75, 3.05) is 6.54 Å². The van der Waals surface area contributed by atoms with E-state index in [-0.39, 0.29) is 5.91 Å². The number of aliphatic hydroxyl groups excluding tert-OH is 1. The Bertz CT molecular complexity index is 333. The second kappa shape index (κ2) is 5.83. The molecule has 1 amide bonds. The van der Waals surface area contributed by atoms with Crippen LogP contribution in [-0.4, -0.2) is 40.4 Å². The lowest BCUT2D eigenvalue weighted by Crippen LogP contribution is -2.51. The van der Waals surface area contributed by atoms with Crippen molar-refractivity contribution >= 4 is 11.7 Å². The first kappa shape index (κ1) is 13.5. The van der Waals surface area contributed by atoms with Gasteiger partial charge in [-0.15, -0.1) is 0 Å². The smallest absolute Gasteiger partial charge is 0.277 e. The quantitative estimate of drug-likeness (QED) is 0.835. The van der Waals surface area contributed by atoms with E-state index in [0.717, 1.165) is 25.1 Å². The zero-order chi connectivity index (χ0) is 13.1. The van der Waals surface area contributed by atoms with Crippen LogP contribution in [0.1, 0.15) is 52.4 Å². The molecule has 1 N–H and O–H groups in total. The van der Waals surface area contributed by atoms with Crippen molar-refractivity contribution < 1.29 is 9.90 Å². The van der Waals surface area contributed by atoms with Gasteiger partial charge in [0.2, 0.25) is 0 Å². The summed E-state index contributed by atoms with van der Waals surface area (Å²) in [5.41, 5.74) is 0. The van der Waals surface area contributed by atoms with E-state index in [2.05, 4.69) is 23.7 Å². The van der Waals surface area contributed by atoms with E-state index in [1.807, 2.05) is 0 Å². The average Bonchev–Trinajstić information content (AvgIpc) is 2.34. The molecule has 0 aromatic carbocycles. The molecule has 4 heteroatoms. The number of aliphatic imine (C=N–C) groups is 1. The Morgan fingerprint density at radius 1 is 1.33 bits per heavy atom. The molecular formula is C14H24N2O2. The van der Waals surface area contributed by atoms with Gasteiger partial charge in [0.1, 0.15) is 5.84 Å². The molecule has 1 atom stereocenters. The third kappa shape index (κ3) is 3.10. The van der Waals surface area contributed by atoms with Crippen LogP contribution in [0.2, 0.25) is 0 Å². The lowest BCUT2D eigenvalue weighted by atomic mass is 9.92. The van der Waals surface area contributed by atoms with Gasteiger partial charge in [0, 0.05) is 12.5 Å². The maximum absolute atomic E-state index is 11.6. The highest BCUT2D eigenvalue weighted by Gasteiger charge is 2.32. The Labute approximate surface area is 109 Å². The first-order valence-corrected chi connectivity index (χ1v) is 7.14. The monoisotopic (exact) mass is 252 g/mol. The molecule has 4 nitrogen and oxygen atoms in total. The van der Waals surface area contributed by atoms with Crippen molar-refractivity contribution in [3.63, 3.8) is 0 Å². The molecule has 1 fully saturated rings. The summed E-state index contributed by atoms with van der Waals surface area (Å²) in [6.07, 6.45) is 6.04. The number of carbonyl (C=O) groups excluding carboxylic acids is 1. The van der Waals surface area contributed by atoms with E-state index in [1.54, 1.807) is 0 Å². The molecule has 0 aromatic rings. The minimum absolute atomic E-state index is 0.363. The number of rotatable bonds is 3. The Kier molecular flexibility index (Phi) is 4.38. The van der Waals surface area contributed by atoms with Crippen molar-refractivity contribution in [1.82, 2.24) is 4.90 Å². The number of hydrogen-bond acceptors (Lipinski definition) is 3. The van der Waals surface area contributed by atoms with Gasteiger partial charge in [-0.3, -0.25) is 4.79 Å². The Morgan fingerprint density at radius 3 is 2.61 bits per heavy atom. The van der Waals surface area contributed by atoms with Gasteiger partial charge in [-0.05, 0) is 18.8 Å². The molecule has 0 spiro atoms. The fraction of sp³-hybridized carbons (Fsp3) is 0.857. The maximum atomic E-state index is 11.6. The number of amides is 1. The number of β-amino-alcohol motifs (C(OH)–C–C–N with tert-alkyl or cyclic N) is 1. The van der Waals surface area contributed by atoms with Gasteiger partial charge in [-0.2, -0.15) is 4.99 Å². The van der Waals surface area contributed by atoms with Crippen molar-refractivity contribution in [3.05, 3.63) is 0 Å². The molecule has 1 unspecified atom stereocenters. The predicted molar refractivity (Wildman–Crippen MR) is 71.5 cm³/mol. The van der Waals surface area contributed by atoms with Crippen LogP contribution in [-0.2, 0) is 4.79 Å². The SMILES string of the molecule is CC(C)CC1=NC(=O)C(O)CN1C1CCCCC1. The zero-order valence-electron chi connectivity index (χ0n) is 11.4. The van der Waals surface area contributed by atoms with Gasteiger partial charge in [-0.25, -0.2) is 0 Å². The van der Waals surface area contributed by atoms with E-state index in [4.69, 9.17) is 0 Å². The van der Waals surface area contributed by atoms with E-state index in [1.165, 1.54) is 19.3 Å². The van der Waals surface area contributed by atoms with Gasteiger partial charge in [0.25, 0.3) is 5.91 Å². The van der Waals surface area contributed by atoms with Crippen LogP contribution in [0, 0.1) is 5.92 Å². The van der Waals surface area contributed by atoms with Gasteiger partial charge in [-0.1, -0.05) is 33.1 Å². The molecule has 0 saturated heterocycles. The van der Waals surface area contributed by atoms with E-state index in [9.17, 15) is 9.90 Å². The fourth-order valence-electron chi connectivity index (χ4n) is 2.92. The molecule has 1 aliphatic heterocycles. The summed E-state index contributed by atoms with van der Waals surface area (Å²) in [5.74, 6) is 1.02. The van der Waals surface area contributed by atoms with Crippen LogP contribution in [0.4, 0.5) is 0 Å². The van der Waals surface area contributed by atoms with Crippen LogP contribution in [0.5, 0.6) is 0 Å². The lowest BCUT2D eigenvalue weighted by molar-refractivity contribution is -0.127. The number of hydrogen-bond donors (Lipinski definition) is 1. The predicted octanol–water partition coefficient (Wildman–Crippen LogP) is 1.97. The fourth-order valence-corrected chi connectivity index (χ4v) is 2.92. The van der Waals surface area contributed by atoms with Crippen molar-refractivity contribution in [3.8, 4) is 0 Å². The van der Waals surface area contributed by atoms with Crippen LogP contribution in [0.3, 0.4) is 0 Å². The van der Waals surface area contributed by atoms with E-state index < -0.39 is 6.10 Å². The minimum Gasteiger partial charge on any atom is -0.381 e. The van der Waals surface area contributed by atoms with Crippen LogP contribution in [0.25, 0.3) is 0 Å². The van der Waals surface area contributed by atoms with Crippen molar-refractivity contribution in [1.29, 1.82) is 0 Å². The highest BCUT2D eigenvalue weighted by atomic mass is 16.3. The Balaban J connectivity index is 2.13. The molecule has 102 valence electrons. The normalized spacial score (nSPS) is 26.7. The van der Waals surface area contributed by atoms with Gasteiger partial charge in [0.05, 0.1) is 6.54 Å². The van der Waals surface area contributed by atoms with E-state index >= 15 is 0 Å². The highest BCUT2D eigenvalue weighted by molar-refractivity contribution is 5.99. The third-order valence-corrected chi connectivity index (χ3v) is 3.83. The molecule has 1 aliphatic carbocycles. The number of carbonyl (C=O) groups is 1. The first-order chi connectivity index (χ1) is 8.58. The van der Waals surface area contributed by atoms with Crippen LogP contribution in [0.15, 0.2) is 4.99 Å². The lowest BCUT2D eigenvalue weighted by Gasteiger charge is -2.40. The summed E-state index contributed by atoms with van der Waals surface area (Å²) in [5, 5.41) is 9.73. The summed E-state index contributed by atoms with van der Waals surface area (Å²) in [7, 11) is 0. The molecule has 1 heterocycles. The van der Waals surface area contributed by atoms with Gasteiger partial charge < -0.3 is 10.0 Å². The molecule has 0 radical (unpaired) electrons. The molecule has 0 bridgehead atoms. The first-order valence-electron chi connectivity index (χ1n) is 7.14. The summed E-state index contributed by atoms with van der Waals surface area (Å²) in [6, 6.07) is 0.471. The molecular weight excluding hydrogens is 228 g/mol. The van der Waals surface area contributed by atoms with E-state index in [0.29, 0.717) is 18.5 Å². The minimum atomic E-state index is -0.928. The topological polar surface area (TPSA) is 52.9 Å². The summed E-state index contributed by atoms with van der Waals surface area (Å²) in [6.45, 7) is 4.71. The van der Waals surface area contributed by atoms with Crippen LogP contribution >= 0.6 is 0 Å². The number of amidine groups is 1. The Morgan fingerprint density at radius 2 is 2.00 bits per heavy atom. The summed E-state index contributed by atoms with van der Waals surface area (Å²) < 4.78 is 0. The molecule has 1 saturated carbocycles. The highest BCUT2D eigenvalue weighted by Crippen LogP contribution is 2.26. The summed E-state index contributed by atoms with van der Waals surface area (Å²) in [4.78, 5) is 17.9. The molecule has 0 aromatic heterocycles. The molecule has 18 heavy (non-hydrogen) atoms. The number of nitrogens with zero attached hydrogens (tertiary/aromatic N) is 2. The second-order valence-corrected chi connectivity index (χ2v) is 5.92. The zero-order valence-corrected chi connectivity index (χ0v) is 11.4. The average molecular weight is 252 g/mol. The second-order valence-electron chi connectivity index (χ2n) is 5.92. The third-order valence-electron chi connectivity index (χ3n) is 3.83.